The second kappa shape index (κ2) is 7.17. The van der Waals surface area contributed by atoms with Crippen molar-refractivity contribution in [1.29, 1.82) is 0 Å². The molecule has 3 N–H and O–H groups in total. The van der Waals surface area contributed by atoms with E-state index in [1.807, 2.05) is 0 Å². The third-order valence-electron chi connectivity index (χ3n) is 2.82. The fraction of sp³-hybridized carbons (Fsp3) is 0.818. The van der Waals surface area contributed by atoms with Crippen molar-refractivity contribution < 1.29 is 24.5 Å². The van der Waals surface area contributed by atoms with Crippen LogP contribution in [-0.4, -0.2) is 66.1 Å². The van der Waals surface area contributed by atoms with E-state index in [4.69, 9.17) is 14.9 Å². The van der Waals surface area contributed by atoms with Crippen LogP contribution in [0.2, 0.25) is 0 Å². The van der Waals surface area contributed by atoms with Crippen molar-refractivity contribution in [3.8, 4) is 0 Å². The zero-order valence-corrected chi connectivity index (χ0v) is 11.3. The maximum atomic E-state index is 11.8. The third-order valence-corrected chi connectivity index (χ3v) is 2.82. The summed E-state index contributed by atoms with van der Waals surface area (Å²) in [4.78, 5) is 23.6. The third kappa shape index (κ3) is 5.33. The van der Waals surface area contributed by atoms with Crippen molar-refractivity contribution in [1.82, 2.24) is 10.2 Å². The van der Waals surface area contributed by atoms with E-state index in [1.165, 1.54) is 12.0 Å². The summed E-state index contributed by atoms with van der Waals surface area (Å²) in [5.74, 6) is -0.986. The number of aliphatic carboxylic acids is 1. The van der Waals surface area contributed by atoms with Gasteiger partial charge in [-0.1, -0.05) is 0 Å². The number of carbonyl (C=O) groups is 2. The summed E-state index contributed by atoms with van der Waals surface area (Å²) in [6, 6.07) is -0.388. The van der Waals surface area contributed by atoms with Gasteiger partial charge in [-0.2, -0.15) is 0 Å². The van der Waals surface area contributed by atoms with Crippen LogP contribution in [0, 0.1) is 0 Å². The number of amides is 2. The molecule has 1 atom stereocenters. The fourth-order valence-corrected chi connectivity index (χ4v) is 1.13. The number of rotatable bonds is 7. The van der Waals surface area contributed by atoms with Crippen LogP contribution >= 0.6 is 0 Å². The summed E-state index contributed by atoms with van der Waals surface area (Å²) in [6.07, 6.45) is -0.749. The van der Waals surface area contributed by atoms with Gasteiger partial charge in [-0.25, -0.2) is 4.79 Å². The van der Waals surface area contributed by atoms with Gasteiger partial charge in [0.25, 0.3) is 0 Å². The molecule has 0 heterocycles. The van der Waals surface area contributed by atoms with Gasteiger partial charge in [-0.15, -0.1) is 0 Å². The van der Waals surface area contributed by atoms with E-state index >= 15 is 0 Å². The molecule has 0 spiro atoms. The molecule has 7 nitrogen and oxygen atoms in total. The number of hydrogen-bond acceptors (Lipinski definition) is 4. The highest BCUT2D eigenvalue weighted by atomic mass is 16.5. The smallest absolute Gasteiger partial charge is 0.317 e. The van der Waals surface area contributed by atoms with E-state index in [0.29, 0.717) is 0 Å². The molecule has 0 aromatic carbocycles. The van der Waals surface area contributed by atoms with Gasteiger partial charge in [0.2, 0.25) is 0 Å². The molecule has 0 saturated carbocycles. The first-order valence-corrected chi connectivity index (χ1v) is 5.61. The lowest BCUT2D eigenvalue weighted by molar-refractivity contribution is -0.139. The maximum absolute atomic E-state index is 11.8. The molecule has 106 valence electrons. The molecule has 0 aliphatic rings. The Morgan fingerprint density at radius 3 is 2.39 bits per heavy atom. The minimum atomic E-state index is -0.986. The first kappa shape index (κ1) is 16.7. The van der Waals surface area contributed by atoms with Crippen LogP contribution < -0.4 is 5.32 Å². The van der Waals surface area contributed by atoms with Gasteiger partial charge in [-0.3, -0.25) is 4.79 Å². The van der Waals surface area contributed by atoms with Crippen molar-refractivity contribution >= 4 is 12.0 Å². The molecule has 7 heteroatoms. The van der Waals surface area contributed by atoms with E-state index in [9.17, 15) is 9.59 Å². The predicted octanol–water partition coefficient (Wildman–Crippen LogP) is -0.112. The Balaban J connectivity index is 4.28. The summed E-state index contributed by atoms with van der Waals surface area (Å²) >= 11 is 0. The number of methoxy groups -OCH3 is 1. The normalized spacial score (nSPS) is 12.9. The summed E-state index contributed by atoms with van der Waals surface area (Å²) in [5, 5.41) is 20.3. The van der Waals surface area contributed by atoms with Gasteiger partial charge in [0.05, 0.1) is 24.7 Å². The van der Waals surface area contributed by atoms with Gasteiger partial charge in [0.15, 0.2) is 0 Å². The zero-order chi connectivity index (χ0) is 14.3. The number of urea groups is 1. The summed E-state index contributed by atoms with van der Waals surface area (Å²) < 4.78 is 4.94. The second-order valence-electron chi connectivity index (χ2n) is 4.67. The van der Waals surface area contributed by atoms with Crippen molar-refractivity contribution in [2.75, 3.05) is 27.3 Å². The molecule has 0 aromatic heterocycles. The molecule has 0 aliphatic heterocycles. The van der Waals surface area contributed by atoms with Crippen molar-refractivity contribution in [3.05, 3.63) is 0 Å². The minimum absolute atomic E-state index is 0.105. The Labute approximate surface area is 107 Å². The lowest BCUT2D eigenvalue weighted by Gasteiger charge is -2.34. The average Bonchev–Trinajstić information content (AvgIpc) is 2.32. The number of carboxylic acid groups (broad SMARTS) is 1. The van der Waals surface area contributed by atoms with Gasteiger partial charge >= 0.3 is 12.0 Å². The van der Waals surface area contributed by atoms with E-state index in [-0.39, 0.29) is 25.6 Å². The second-order valence-corrected chi connectivity index (χ2v) is 4.67. The van der Waals surface area contributed by atoms with Crippen LogP contribution in [0.1, 0.15) is 20.3 Å². The van der Waals surface area contributed by atoms with E-state index in [1.54, 1.807) is 20.9 Å². The lowest BCUT2D eigenvalue weighted by atomic mass is 10.1. The highest BCUT2D eigenvalue weighted by Gasteiger charge is 2.27. The van der Waals surface area contributed by atoms with Crippen LogP contribution in [0.3, 0.4) is 0 Å². The molecule has 18 heavy (non-hydrogen) atoms. The molecule has 1 unspecified atom stereocenters. The quantitative estimate of drug-likeness (QED) is 0.594. The molecule has 0 radical (unpaired) electrons. The SMILES string of the molecule is COC(CNC(=O)N(C)C(C)(C)CO)CC(=O)O. The highest BCUT2D eigenvalue weighted by molar-refractivity contribution is 5.75. The molecule has 0 aromatic rings. The number of likely N-dealkylation sites (N-methyl/N-ethyl adjacent to an activating group) is 1. The first-order chi connectivity index (χ1) is 8.24. The minimum Gasteiger partial charge on any atom is -0.481 e. The van der Waals surface area contributed by atoms with Crippen LogP contribution in [0.4, 0.5) is 4.79 Å². The number of nitrogens with zero attached hydrogens (tertiary/aromatic N) is 1. The Kier molecular flexibility index (Phi) is 6.64. The number of ether oxygens (including phenoxy) is 1. The highest BCUT2D eigenvalue weighted by Crippen LogP contribution is 2.10. The Morgan fingerprint density at radius 1 is 1.44 bits per heavy atom. The predicted molar refractivity (Wildman–Crippen MR) is 65.4 cm³/mol. The fourth-order valence-electron chi connectivity index (χ4n) is 1.13. The number of aliphatic hydroxyl groups is 1. The molecule has 0 rings (SSSR count). The monoisotopic (exact) mass is 262 g/mol. The van der Waals surface area contributed by atoms with Gasteiger partial charge < -0.3 is 25.2 Å². The first-order valence-electron chi connectivity index (χ1n) is 5.61. The van der Waals surface area contributed by atoms with Gasteiger partial charge in [-0.05, 0) is 13.8 Å². The lowest BCUT2D eigenvalue weighted by Crippen LogP contribution is -2.52. The largest absolute Gasteiger partial charge is 0.481 e. The molecular formula is C11H22N2O5. The topological polar surface area (TPSA) is 99.1 Å². The van der Waals surface area contributed by atoms with Crippen LogP contribution in [0.5, 0.6) is 0 Å². The number of aliphatic hydroxyl groups excluding tert-OH is 1. The molecule has 2 amide bonds. The van der Waals surface area contributed by atoms with Crippen LogP contribution in [-0.2, 0) is 9.53 Å². The number of nitrogens with one attached hydrogen (secondary N) is 1. The molecule has 0 fully saturated rings. The van der Waals surface area contributed by atoms with Gasteiger partial charge in [0.1, 0.15) is 0 Å². The standard InChI is InChI=1S/C11H22N2O5/c1-11(2,7-14)13(3)10(17)12-6-8(18-4)5-9(15)16/h8,14H,5-7H2,1-4H3,(H,12,17)(H,15,16). The number of carboxylic acids is 1. The van der Waals surface area contributed by atoms with E-state index in [0.717, 1.165) is 0 Å². The van der Waals surface area contributed by atoms with Crippen molar-refractivity contribution in [2.24, 2.45) is 0 Å². The molecular weight excluding hydrogens is 240 g/mol. The zero-order valence-electron chi connectivity index (χ0n) is 11.3. The van der Waals surface area contributed by atoms with Crippen molar-refractivity contribution in [3.63, 3.8) is 0 Å². The molecule has 0 bridgehead atoms. The summed E-state index contributed by atoms with van der Waals surface area (Å²) in [6.45, 7) is 3.38. The maximum Gasteiger partial charge on any atom is 0.317 e. The van der Waals surface area contributed by atoms with Crippen molar-refractivity contribution in [2.45, 2.75) is 31.9 Å². The molecule has 0 saturated heterocycles. The Hall–Kier alpha value is -1.34. The summed E-state index contributed by atoms with van der Waals surface area (Å²) in [7, 11) is 2.95. The van der Waals surface area contributed by atoms with Crippen LogP contribution in [0.25, 0.3) is 0 Å². The Bertz CT molecular complexity index is 293. The van der Waals surface area contributed by atoms with E-state index < -0.39 is 17.6 Å². The van der Waals surface area contributed by atoms with Gasteiger partial charge in [0, 0.05) is 20.7 Å². The summed E-state index contributed by atoms with van der Waals surface area (Å²) in [5.41, 5.74) is -0.681. The van der Waals surface area contributed by atoms with Crippen LogP contribution in [0.15, 0.2) is 0 Å². The number of hydrogen-bond donors (Lipinski definition) is 3. The Morgan fingerprint density at radius 2 is 2.00 bits per heavy atom. The van der Waals surface area contributed by atoms with E-state index in [2.05, 4.69) is 5.32 Å². The average molecular weight is 262 g/mol. The number of carbonyl (C=O) groups excluding carboxylic acids is 1. The molecule has 0 aliphatic carbocycles.